The fraction of sp³-hybridized carbons (Fsp3) is 0.111. The molecular weight excluding hydrogens is 371 g/mol. The standard InChI is InChI=1S/C18H15FN4O3S/c19-13-8-6-12(7-9-13)17(25)20-10-16-22-23-18(26-16)27-11-15(24)21-14-4-2-1-3-5-14/h1-9H,10-11H2,(H,20,25)(H,21,24). The van der Waals surface area contributed by atoms with Crippen molar-refractivity contribution in [3.8, 4) is 0 Å². The number of hydrogen-bond donors (Lipinski definition) is 2. The van der Waals surface area contributed by atoms with Crippen LogP contribution < -0.4 is 10.6 Å². The first-order valence-corrected chi connectivity index (χ1v) is 8.92. The quantitative estimate of drug-likeness (QED) is 0.606. The van der Waals surface area contributed by atoms with Crippen molar-refractivity contribution in [2.45, 2.75) is 11.8 Å². The summed E-state index contributed by atoms with van der Waals surface area (Å²) in [7, 11) is 0. The Morgan fingerprint density at radius 1 is 1.04 bits per heavy atom. The van der Waals surface area contributed by atoms with E-state index in [-0.39, 0.29) is 35.2 Å². The van der Waals surface area contributed by atoms with E-state index in [9.17, 15) is 14.0 Å². The van der Waals surface area contributed by atoms with Crippen molar-refractivity contribution < 1.29 is 18.4 Å². The van der Waals surface area contributed by atoms with Crippen molar-refractivity contribution in [1.82, 2.24) is 15.5 Å². The van der Waals surface area contributed by atoms with Crippen molar-refractivity contribution >= 4 is 29.3 Å². The van der Waals surface area contributed by atoms with Gasteiger partial charge in [-0.25, -0.2) is 4.39 Å². The second kappa shape index (κ2) is 8.95. The van der Waals surface area contributed by atoms with Crippen molar-refractivity contribution in [2.75, 3.05) is 11.1 Å². The van der Waals surface area contributed by atoms with Gasteiger partial charge in [-0.15, -0.1) is 10.2 Å². The van der Waals surface area contributed by atoms with Gasteiger partial charge < -0.3 is 15.1 Å². The zero-order valence-electron chi connectivity index (χ0n) is 14.0. The van der Waals surface area contributed by atoms with E-state index in [4.69, 9.17) is 4.42 Å². The van der Waals surface area contributed by atoms with E-state index in [1.165, 1.54) is 24.3 Å². The van der Waals surface area contributed by atoms with Crippen LogP contribution in [-0.4, -0.2) is 27.8 Å². The minimum Gasteiger partial charge on any atom is -0.414 e. The maximum absolute atomic E-state index is 12.9. The van der Waals surface area contributed by atoms with Gasteiger partial charge in [-0.2, -0.15) is 0 Å². The number of nitrogens with zero attached hydrogens (tertiary/aromatic N) is 2. The van der Waals surface area contributed by atoms with Gasteiger partial charge in [0.05, 0.1) is 12.3 Å². The number of carbonyl (C=O) groups is 2. The summed E-state index contributed by atoms with van der Waals surface area (Å²) in [6.45, 7) is 0.0278. The SMILES string of the molecule is O=C(CSc1nnc(CNC(=O)c2ccc(F)cc2)o1)Nc1ccccc1. The lowest BCUT2D eigenvalue weighted by Gasteiger charge is -2.03. The lowest BCUT2D eigenvalue weighted by atomic mass is 10.2. The van der Waals surface area contributed by atoms with Crippen LogP contribution in [0.3, 0.4) is 0 Å². The molecule has 0 saturated carbocycles. The normalized spacial score (nSPS) is 10.4. The number of rotatable bonds is 7. The molecule has 0 aliphatic rings. The maximum Gasteiger partial charge on any atom is 0.277 e. The fourth-order valence-electron chi connectivity index (χ4n) is 2.07. The third-order valence-corrected chi connectivity index (χ3v) is 4.16. The van der Waals surface area contributed by atoms with Crippen molar-refractivity contribution in [1.29, 1.82) is 0 Å². The largest absolute Gasteiger partial charge is 0.414 e. The highest BCUT2D eigenvalue weighted by atomic mass is 32.2. The van der Waals surface area contributed by atoms with Crippen LogP contribution in [-0.2, 0) is 11.3 Å². The Kier molecular flexibility index (Phi) is 6.16. The van der Waals surface area contributed by atoms with Crippen molar-refractivity contribution in [2.24, 2.45) is 0 Å². The van der Waals surface area contributed by atoms with Crippen LogP contribution in [0.1, 0.15) is 16.2 Å². The smallest absolute Gasteiger partial charge is 0.277 e. The Hall–Kier alpha value is -3.20. The van der Waals surface area contributed by atoms with Crippen LogP contribution in [0.25, 0.3) is 0 Å². The number of para-hydroxylation sites is 1. The minimum absolute atomic E-state index is 0.0278. The zero-order valence-corrected chi connectivity index (χ0v) is 14.8. The molecular formula is C18H15FN4O3S. The highest BCUT2D eigenvalue weighted by Crippen LogP contribution is 2.16. The maximum atomic E-state index is 12.9. The van der Waals surface area contributed by atoms with Gasteiger partial charge >= 0.3 is 0 Å². The molecule has 3 rings (SSSR count). The van der Waals surface area contributed by atoms with Crippen molar-refractivity contribution in [3.05, 3.63) is 71.9 Å². The summed E-state index contributed by atoms with van der Waals surface area (Å²) in [5.41, 5.74) is 1.03. The molecule has 138 valence electrons. The fourth-order valence-corrected chi connectivity index (χ4v) is 2.65. The average Bonchev–Trinajstić information content (AvgIpc) is 3.14. The summed E-state index contributed by atoms with van der Waals surface area (Å²) in [4.78, 5) is 23.8. The average molecular weight is 386 g/mol. The Bertz CT molecular complexity index is 916. The molecule has 7 nitrogen and oxygen atoms in total. The van der Waals surface area contributed by atoms with E-state index in [0.717, 1.165) is 11.8 Å². The number of aromatic nitrogens is 2. The Balaban J connectivity index is 1.45. The molecule has 0 aliphatic heterocycles. The van der Waals surface area contributed by atoms with E-state index in [1.54, 1.807) is 12.1 Å². The molecule has 0 aliphatic carbocycles. The Morgan fingerprint density at radius 3 is 2.52 bits per heavy atom. The van der Waals surface area contributed by atoms with Crippen molar-refractivity contribution in [3.63, 3.8) is 0 Å². The predicted molar refractivity (Wildman–Crippen MR) is 97.7 cm³/mol. The van der Waals surface area contributed by atoms with Crippen LogP contribution in [0, 0.1) is 5.82 Å². The third-order valence-electron chi connectivity index (χ3n) is 3.34. The molecule has 2 amide bonds. The second-order valence-corrected chi connectivity index (χ2v) is 6.28. The minimum atomic E-state index is -0.415. The predicted octanol–water partition coefficient (Wildman–Crippen LogP) is 2.87. The van der Waals surface area contributed by atoms with Gasteiger partial charge in [0.1, 0.15) is 5.82 Å². The molecule has 0 bridgehead atoms. The summed E-state index contributed by atoms with van der Waals surface area (Å²) in [5.74, 6) is -0.684. The molecule has 0 saturated heterocycles. The number of halogens is 1. The summed E-state index contributed by atoms with van der Waals surface area (Å²) in [6, 6.07) is 14.3. The second-order valence-electron chi connectivity index (χ2n) is 5.35. The lowest BCUT2D eigenvalue weighted by Crippen LogP contribution is -2.22. The van der Waals surface area contributed by atoms with Gasteiger partial charge in [0.2, 0.25) is 11.8 Å². The lowest BCUT2D eigenvalue weighted by molar-refractivity contribution is -0.113. The molecule has 0 unspecified atom stereocenters. The Labute approximate surface area is 158 Å². The van der Waals surface area contributed by atoms with Gasteiger partial charge in [-0.1, -0.05) is 30.0 Å². The van der Waals surface area contributed by atoms with Gasteiger partial charge in [-0.05, 0) is 36.4 Å². The molecule has 0 fully saturated rings. The molecule has 1 aromatic heterocycles. The van der Waals surface area contributed by atoms with E-state index in [1.807, 2.05) is 18.2 Å². The van der Waals surface area contributed by atoms with Crippen LogP contribution in [0.15, 0.2) is 64.2 Å². The Morgan fingerprint density at radius 2 is 1.78 bits per heavy atom. The molecule has 3 aromatic rings. The van der Waals surface area contributed by atoms with Gasteiger partial charge in [0.15, 0.2) is 0 Å². The number of hydrogen-bond acceptors (Lipinski definition) is 6. The third kappa shape index (κ3) is 5.65. The van der Waals surface area contributed by atoms with Crippen LogP contribution in [0.2, 0.25) is 0 Å². The number of nitrogens with one attached hydrogen (secondary N) is 2. The highest BCUT2D eigenvalue weighted by molar-refractivity contribution is 7.99. The summed E-state index contributed by atoms with van der Waals surface area (Å²) in [6.07, 6.45) is 0. The number of thioether (sulfide) groups is 1. The van der Waals surface area contributed by atoms with Gasteiger partial charge in [0, 0.05) is 11.3 Å². The highest BCUT2D eigenvalue weighted by Gasteiger charge is 2.12. The zero-order chi connectivity index (χ0) is 19.1. The molecule has 0 spiro atoms. The van der Waals surface area contributed by atoms with Gasteiger partial charge in [0.25, 0.3) is 11.1 Å². The topological polar surface area (TPSA) is 97.1 Å². The number of amides is 2. The number of benzene rings is 2. The van der Waals surface area contributed by atoms with E-state index in [0.29, 0.717) is 11.3 Å². The molecule has 2 N–H and O–H groups in total. The van der Waals surface area contributed by atoms with Crippen LogP contribution >= 0.6 is 11.8 Å². The van der Waals surface area contributed by atoms with Crippen LogP contribution in [0.5, 0.6) is 0 Å². The van der Waals surface area contributed by atoms with E-state index < -0.39 is 5.82 Å². The first-order chi connectivity index (χ1) is 13.1. The first kappa shape index (κ1) is 18.6. The van der Waals surface area contributed by atoms with E-state index >= 15 is 0 Å². The molecule has 2 aromatic carbocycles. The first-order valence-electron chi connectivity index (χ1n) is 7.94. The van der Waals surface area contributed by atoms with Crippen LogP contribution in [0.4, 0.5) is 10.1 Å². The summed E-state index contributed by atoms with van der Waals surface area (Å²) >= 11 is 1.09. The summed E-state index contributed by atoms with van der Waals surface area (Å²) < 4.78 is 18.2. The van der Waals surface area contributed by atoms with E-state index in [2.05, 4.69) is 20.8 Å². The monoisotopic (exact) mass is 386 g/mol. The summed E-state index contributed by atoms with van der Waals surface area (Å²) in [5, 5.41) is 13.2. The molecule has 0 radical (unpaired) electrons. The molecule has 1 heterocycles. The molecule has 9 heteroatoms. The van der Waals surface area contributed by atoms with Gasteiger partial charge in [-0.3, -0.25) is 9.59 Å². The number of carbonyl (C=O) groups excluding carboxylic acids is 2. The molecule has 27 heavy (non-hydrogen) atoms. The molecule has 0 atom stereocenters. The number of anilines is 1.